The van der Waals surface area contributed by atoms with Gasteiger partial charge in [-0.2, -0.15) is 0 Å². The van der Waals surface area contributed by atoms with E-state index < -0.39 is 5.92 Å². The van der Waals surface area contributed by atoms with Crippen molar-refractivity contribution in [2.75, 3.05) is 0 Å². The van der Waals surface area contributed by atoms with E-state index in [-0.39, 0.29) is 11.7 Å². The molecule has 0 saturated heterocycles. The number of oxime groups is 1. The summed E-state index contributed by atoms with van der Waals surface area (Å²) in [6.07, 6.45) is 3.32. The Hall–Kier alpha value is -2.11. The predicted molar refractivity (Wildman–Crippen MR) is 58.7 cm³/mol. The first kappa shape index (κ1) is 12.0. The average Bonchev–Trinajstić information content (AvgIpc) is 2.35. The van der Waals surface area contributed by atoms with Gasteiger partial charge in [0, 0.05) is 18.9 Å². The normalized spacial score (nSPS) is 13.2. The third kappa shape index (κ3) is 3.23. The predicted octanol–water partition coefficient (Wildman–Crippen LogP) is 0.0803. The van der Waals surface area contributed by atoms with Gasteiger partial charge in [0.2, 0.25) is 5.91 Å². The second-order valence-electron chi connectivity index (χ2n) is 3.33. The summed E-state index contributed by atoms with van der Waals surface area (Å²) in [5, 5.41) is 13.9. The summed E-state index contributed by atoms with van der Waals surface area (Å²) in [4.78, 5) is 15.4. The van der Waals surface area contributed by atoms with E-state index in [1.54, 1.807) is 25.4 Å². The molecule has 0 aromatic carbocycles. The van der Waals surface area contributed by atoms with Crippen molar-refractivity contribution in [3.63, 3.8) is 0 Å². The molecular formula is C10H14N4O2. The van der Waals surface area contributed by atoms with Crippen molar-refractivity contribution >= 4 is 11.7 Å². The van der Waals surface area contributed by atoms with Crippen LogP contribution in [0.15, 0.2) is 29.7 Å². The van der Waals surface area contributed by atoms with Crippen molar-refractivity contribution in [1.29, 1.82) is 0 Å². The lowest BCUT2D eigenvalue weighted by atomic mass is 10.1. The second-order valence-corrected chi connectivity index (χ2v) is 3.33. The van der Waals surface area contributed by atoms with Crippen molar-refractivity contribution < 1.29 is 10.0 Å². The molecule has 6 nitrogen and oxygen atoms in total. The molecule has 0 aliphatic carbocycles. The fraction of sp³-hybridized carbons (Fsp3) is 0.300. The lowest BCUT2D eigenvalue weighted by Gasteiger charge is -2.10. The van der Waals surface area contributed by atoms with E-state index >= 15 is 0 Å². The Balaban J connectivity index is 2.48. The topological polar surface area (TPSA) is 101 Å². The molecule has 0 spiro atoms. The summed E-state index contributed by atoms with van der Waals surface area (Å²) in [7, 11) is 0. The van der Waals surface area contributed by atoms with Gasteiger partial charge in [0.1, 0.15) is 0 Å². The number of amides is 1. The van der Waals surface area contributed by atoms with E-state index in [4.69, 9.17) is 10.9 Å². The van der Waals surface area contributed by atoms with Crippen LogP contribution in [0, 0.1) is 5.92 Å². The van der Waals surface area contributed by atoms with Crippen LogP contribution in [0.5, 0.6) is 0 Å². The van der Waals surface area contributed by atoms with Gasteiger partial charge in [0.15, 0.2) is 5.84 Å². The van der Waals surface area contributed by atoms with Gasteiger partial charge in [-0.15, -0.1) is 0 Å². The van der Waals surface area contributed by atoms with E-state index in [2.05, 4.69) is 15.5 Å². The minimum atomic E-state index is -0.651. The van der Waals surface area contributed by atoms with E-state index in [0.29, 0.717) is 6.54 Å². The van der Waals surface area contributed by atoms with Crippen LogP contribution < -0.4 is 11.1 Å². The molecule has 0 saturated carbocycles. The lowest BCUT2D eigenvalue weighted by Crippen LogP contribution is -2.36. The summed E-state index contributed by atoms with van der Waals surface area (Å²) < 4.78 is 0. The van der Waals surface area contributed by atoms with E-state index in [0.717, 1.165) is 5.56 Å². The number of nitrogens with one attached hydrogen (secondary N) is 1. The molecular weight excluding hydrogens is 208 g/mol. The smallest absolute Gasteiger partial charge is 0.230 e. The molecule has 4 N–H and O–H groups in total. The number of aromatic nitrogens is 1. The van der Waals surface area contributed by atoms with E-state index in [1.165, 1.54) is 0 Å². The van der Waals surface area contributed by atoms with Gasteiger partial charge in [-0.25, -0.2) is 0 Å². The number of rotatable bonds is 4. The molecule has 1 atom stereocenters. The quantitative estimate of drug-likeness (QED) is 0.290. The standard InChI is InChI=1S/C10H14N4O2/c1-7(9(11)14-16)10(15)13-6-8-3-2-4-12-5-8/h2-5,7,16H,6H2,1H3,(H2,11,14)(H,13,15). The van der Waals surface area contributed by atoms with Gasteiger partial charge >= 0.3 is 0 Å². The Bertz CT molecular complexity index is 378. The van der Waals surface area contributed by atoms with Crippen LogP contribution in [-0.2, 0) is 11.3 Å². The number of hydrogen-bond donors (Lipinski definition) is 3. The molecule has 0 bridgehead atoms. The number of carbonyl (C=O) groups is 1. The number of hydrogen-bond acceptors (Lipinski definition) is 4. The number of pyridine rings is 1. The molecule has 86 valence electrons. The van der Waals surface area contributed by atoms with Crippen LogP contribution in [0.3, 0.4) is 0 Å². The fourth-order valence-electron chi connectivity index (χ4n) is 1.07. The van der Waals surface area contributed by atoms with Crippen molar-refractivity contribution in [2.45, 2.75) is 13.5 Å². The molecule has 1 aromatic heterocycles. The summed E-state index contributed by atoms with van der Waals surface area (Å²) in [6.45, 7) is 1.93. The maximum absolute atomic E-state index is 11.5. The number of nitrogens with zero attached hydrogens (tertiary/aromatic N) is 2. The van der Waals surface area contributed by atoms with Crippen molar-refractivity contribution in [1.82, 2.24) is 10.3 Å². The van der Waals surface area contributed by atoms with Crippen LogP contribution in [0.4, 0.5) is 0 Å². The highest BCUT2D eigenvalue weighted by atomic mass is 16.4. The van der Waals surface area contributed by atoms with Crippen LogP contribution in [-0.4, -0.2) is 21.9 Å². The maximum atomic E-state index is 11.5. The zero-order valence-corrected chi connectivity index (χ0v) is 8.92. The van der Waals surface area contributed by atoms with E-state index in [1.807, 2.05) is 6.07 Å². The third-order valence-corrected chi connectivity index (χ3v) is 2.14. The molecule has 1 unspecified atom stereocenters. The first-order chi connectivity index (χ1) is 7.65. The molecule has 1 aromatic rings. The zero-order chi connectivity index (χ0) is 12.0. The molecule has 0 aliphatic heterocycles. The Morgan fingerprint density at radius 3 is 3.06 bits per heavy atom. The van der Waals surface area contributed by atoms with Crippen molar-refractivity contribution in [3.8, 4) is 0 Å². The summed E-state index contributed by atoms with van der Waals surface area (Å²) in [5.41, 5.74) is 6.20. The SMILES string of the molecule is CC(C(=O)NCc1cccnc1)C(N)=NO. The van der Waals surface area contributed by atoms with Gasteiger partial charge in [-0.05, 0) is 18.6 Å². The molecule has 0 fully saturated rings. The highest BCUT2D eigenvalue weighted by molar-refractivity contribution is 6.01. The molecule has 1 rings (SSSR count). The number of carbonyl (C=O) groups excluding carboxylic acids is 1. The summed E-state index contributed by atoms with van der Waals surface area (Å²) >= 11 is 0. The molecule has 1 amide bonds. The van der Waals surface area contributed by atoms with Gasteiger partial charge < -0.3 is 16.3 Å². The summed E-state index contributed by atoms with van der Waals surface area (Å²) in [5.74, 6) is -1.05. The lowest BCUT2D eigenvalue weighted by molar-refractivity contribution is -0.122. The first-order valence-corrected chi connectivity index (χ1v) is 4.79. The average molecular weight is 222 g/mol. The van der Waals surface area contributed by atoms with Crippen LogP contribution in [0.25, 0.3) is 0 Å². The fourth-order valence-corrected chi connectivity index (χ4v) is 1.07. The molecule has 0 aliphatic rings. The Morgan fingerprint density at radius 1 is 1.75 bits per heavy atom. The largest absolute Gasteiger partial charge is 0.409 e. The molecule has 16 heavy (non-hydrogen) atoms. The highest BCUT2D eigenvalue weighted by Gasteiger charge is 2.16. The minimum absolute atomic E-state index is 0.108. The zero-order valence-electron chi connectivity index (χ0n) is 8.92. The van der Waals surface area contributed by atoms with E-state index in [9.17, 15) is 4.79 Å². The second kappa shape index (κ2) is 5.69. The third-order valence-electron chi connectivity index (χ3n) is 2.14. The van der Waals surface area contributed by atoms with Gasteiger partial charge in [-0.3, -0.25) is 9.78 Å². The Kier molecular flexibility index (Phi) is 4.26. The Morgan fingerprint density at radius 2 is 2.50 bits per heavy atom. The van der Waals surface area contributed by atoms with Crippen LogP contribution in [0.1, 0.15) is 12.5 Å². The Labute approximate surface area is 93.2 Å². The molecule has 1 heterocycles. The first-order valence-electron chi connectivity index (χ1n) is 4.79. The molecule has 0 radical (unpaired) electrons. The summed E-state index contributed by atoms with van der Waals surface area (Å²) in [6, 6.07) is 3.63. The highest BCUT2D eigenvalue weighted by Crippen LogP contribution is 1.98. The van der Waals surface area contributed by atoms with Crippen LogP contribution in [0.2, 0.25) is 0 Å². The van der Waals surface area contributed by atoms with Crippen LogP contribution >= 0.6 is 0 Å². The monoisotopic (exact) mass is 222 g/mol. The van der Waals surface area contributed by atoms with Gasteiger partial charge in [-0.1, -0.05) is 11.2 Å². The van der Waals surface area contributed by atoms with Crippen molar-refractivity contribution in [2.24, 2.45) is 16.8 Å². The minimum Gasteiger partial charge on any atom is -0.409 e. The van der Waals surface area contributed by atoms with Gasteiger partial charge in [0.05, 0.1) is 5.92 Å². The van der Waals surface area contributed by atoms with Crippen molar-refractivity contribution in [3.05, 3.63) is 30.1 Å². The van der Waals surface area contributed by atoms with Gasteiger partial charge in [0.25, 0.3) is 0 Å². The molecule has 6 heteroatoms. The number of nitrogens with two attached hydrogens (primary N) is 1. The maximum Gasteiger partial charge on any atom is 0.230 e. The number of amidine groups is 1.